The van der Waals surface area contributed by atoms with Crippen LogP contribution in [0.1, 0.15) is 38.1 Å². The molecule has 0 aliphatic carbocycles. The van der Waals surface area contributed by atoms with Crippen LogP contribution in [-0.2, 0) is 14.3 Å². The number of ketones is 1. The Morgan fingerprint density at radius 2 is 1.55 bits per heavy atom. The van der Waals surface area contributed by atoms with Crippen molar-refractivity contribution in [3.8, 4) is 23.0 Å². The Bertz CT molecular complexity index is 1520. The zero-order valence-corrected chi connectivity index (χ0v) is 23.8. The van der Waals surface area contributed by atoms with Crippen LogP contribution in [0.4, 0.5) is 5.13 Å². The van der Waals surface area contributed by atoms with Crippen LogP contribution in [0, 0.1) is 13.8 Å². The number of methoxy groups -OCH3 is 5. The number of aliphatic hydroxyl groups is 1. The molecule has 0 bridgehead atoms. The summed E-state index contributed by atoms with van der Waals surface area (Å²) in [5.41, 5.74) is 1.52. The third kappa shape index (κ3) is 4.70. The second kappa shape index (κ2) is 11.3. The highest BCUT2D eigenvalue weighted by Gasteiger charge is 2.49. The van der Waals surface area contributed by atoms with Crippen LogP contribution in [0.15, 0.2) is 35.9 Å². The number of aliphatic hydroxyl groups excluding tert-OH is 1. The Hall–Kier alpha value is -4.58. The van der Waals surface area contributed by atoms with Gasteiger partial charge in [-0.1, -0.05) is 11.3 Å². The summed E-state index contributed by atoms with van der Waals surface area (Å²) in [5.74, 6) is -1.46. The van der Waals surface area contributed by atoms with Crippen molar-refractivity contribution in [1.82, 2.24) is 4.98 Å². The molecular weight excluding hydrogens is 540 g/mol. The average molecular weight is 569 g/mol. The molecule has 12 heteroatoms. The Kier molecular flexibility index (Phi) is 8.01. The van der Waals surface area contributed by atoms with Gasteiger partial charge in [0.1, 0.15) is 16.4 Å². The summed E-state index contributed by atoms with van der Waals surface area (Å²) in [6.45, 7) is 3.38. The maximum atomic E-state index is 13.6. The molecule has 2 aromatic carbocycles. The predicted octanol–water partition coefficient (Wildman–Crippen LogP) is 4.21. The van der Waals surface area contributed by atoms with E-state index < -0.39 is 29.5 Å². The third-order valence-electron chi connectivity index (χ3n) is 6.48. The molecule has 3 aromatic rings. The van der Waals surface area contributed by atoms with E-state index in [1.54, 1.807) is 44.2 Å². The SMILES string of the molecule is COC(=O)c1sc(N2C(=O)C(=O)/C(=C(/O)c3ccc(OC)c(C)c3)[C@@H]2c2cc(OC)c(OC)c(OC)c2)nc1C. The molecule has 0 spiro atoms. The van der Waals surface area contributed by atoms with Gasteiger partial charge in [-0.05, 0) is 55.3 Å². The highest BCUT2D eigenvalue weighted by molar-refractivity contribution is 7.17. The molecule has 1 aliphatic rings. The molecule has 1 atom stereocenters. The van der Waals surface area contributed by atoms with Gasteiger partial charge in [-0.15, -0.1) is 0 Å². The van der Waals surface area contributed by atoms with Crippen molar-refractivity contribution in [3.05, 3.63) is 63.2 Å². The van der Waals surface area contributed by atoms with Crippen LogP contribution in [0.3, 0.4) is 0 Å². The quantitative estimate of drug-likeness (QED) is 0.182. The van der Waals surface area contributed by atoms with Gasteiger partial charge in [-0.2, -0.15) is 0 Å². The number of hydrogen-bond donors (Lipinski definition) is 1. The summed E-state index contributed by atoms with van der Waals surface area (Å²) in [5, 5.41) is 11.6. The van der Waals surface area contributed by atoms with Gasteiger partial charge in [-0.25, -0.2) is 9.78 Å². The maximum absolute atomic E-state index is 13.6. The lowest BCUT2D eigenvalue weighted by Crippen LogP contribution is -2.29. The molecule has 40 heavy (non-hydrogen) atoms. The van der Waals surface area contributed by atoms with Gasteiger partial charge in [0.2, 0.25) is 5.75 Å². The van der Waals surface area contributed by atoms with Crippen LogP contribution in [0.25, 0.3) is 5.76 Å². The maximum Gasteiger partial charge on any atom is 0.350 e. The first-order valence-electron chi connectivity index (χ1n) is 11.9. The number of benzene rings is 2. The van der Waals surface area contributed by atoms with E-state index in [4.69, 9.17) is 23.7 Å². The number of anilines is 1. The van der Waals surface area contributed by atoms with E-state index in [0.717, 1.165) is 16.2 Å². The Morgan fingerprint density at radius 1 is 0.925 bits per heavy atom. The van der Waals surface area contributed by atoms with Gasteiger partial charge in [-0.3, -0.25) is 14.5 Å². The number of rotatable bonds is 8. The van der Waals surface area contributed by atoms with Gasteiger partial charge in [0, 0.05) is 5.56 Å². The summed E-state index contributed by atoms with van der Waals surface area (Å²) < 4.78 is 26.6. The molecule has 1 amide bonds. The van der Waals surface area contributed by atoms with E-state index >= 15 is 0 Å². The van der Waals surface area contributed by atoms with Gasteiger partial charge >= 0.3 is 11.9 Å². The van der Waals surface area contributed by atoms with Crippen LogP contribution in [0.2, 0.25) is 0 Å². The first-order chi connectivity index (χ1) is 19.1. The average Bonchev–Trinajstić information content (AvgIpc) is 3.47. The van der Waals surface area contributed by atoms with E-state index in [2.05, 4.69) is 4.98 Å². The topological polar surface area (TPSA) is 134 Å². The second-order valence-electron chi connectivity index (χ2n) is 8.71. The molecular formula is C28H28N2O9S. The second-order valence-corrected chi connectivity index (χ2v) is 9.69. The molecule has 1 aliphatic heterocycles. The first-order valence-corrected chi connectivity index (χ1v) is 12.7. The molecule has 0 saturated carbocycles. The molecule has 210 valence electrons. The number of nitrogens with zero attached hydrogens (tertiary/aromatic N) is 2. The number of carbonyl (C=O) groups is 3. The van der Waals surface area contributed by atoms with Crippen molar-refractivity contribution in [2.45, 2.75) is 19.9 Å². The molecule has 1 saturated heterocycles. The lowest BCUT2D eigenvalue weighted by atomic mass is 9.94. The summed E-state index contributed by atoms with van der Waals surface area (Å²) in [6, 6.07) is 6.90. The smallest absolute Gasteiger partial charge is 0.350 e. The van der Waals surface area contributed by atoms with Gasteiger partial charge in [0.15, 0.2) is 16.6 Å². The fraction of sp³-hybridized carbons (Fsp3) is 0.286. The zero-order chi connectivity index (χ0) is 29.3. The molecule has 1 N–H and O–H groups in total. The zero-order valence-electron chi connectivity index (χ0n) is 23.0. The van der Waals surface area contributed by atoms with Crippen molar-refractivity contribution in [1.29, 1.82) is 0 Å². The van der Waals surface area contributed by atoms with Gasteiger partial charge < -0.3 is 28.8 Å². The van der Waals surface area contributed by atoms with E-state index in [1.165, 1.54) is 35.5 Å². The number of thiazole rings is 1. The van der Waals surface area contributed by atoms with Crippen molar-refractivity contribution in [2.75, 3.05) is 40.4 Å². The molecule has 0 unspecified atom stereocenters. The molecule has 1 fully saturated rings. The van der Waals surface area contributed by atoms with Crippen LogP contribution >= 0.6 is 11.3 Å². The van der Waals surface area contributed by atoms with Gasteiger partial charge in [0.25, 0.3) is 5.78 Å². The molecule has 11 nitrogen and oxygen atoms in total. The minimum Gasteiger partial charge on any atom is -0.507 e. The number of Topliss-reactive ketones (excluding diaryl/α,β-unsaturated/α-hetero) is 1. The number of carbonyl (C=O) groups excluding carboxylic acids is 3. The summed E-state index contributed by atoms with van der Waals surface area (Å²) in [4.78, 5) is 45.2. The van der Waals surface area contributed by atoms with Crippen LogP contribution < -0.4 is 23.8 Å². The molecule has 4 rings (SSSR count). The lowest BCUT2D eigenvalue weighted by Gasteiger charge is -2.24. The van der Waals surface area contributed by atoms with E-state index in [9.17, 15) is 19.5 Å². The predicted molar refractivity (Wildman–Crippen MR) is 147 cm³/mol. The largest absolute Gasteiger partial charge is 0.507 e. The highest BCUT2D eigenvalue weighted by atomic mass is 32.1. The van der Waals surface area contributed by atoms with Crippen molar-refractivity contribution < 1.29 is 43.2 Å². The molecule has 0 radical (unpaired) electrons. The highest BCUT2D eigenvalue weighted by Crippen LogP contribution is 2.48. The fourth-order valence-corrected chi connectivity index (χ4v) is 5.56. The van der Waals surface area contributed by atoms with E-state index in [1.807, 2.05) is 0 Å². The first kappa shape index (κ1) is 28.4. The van der Waals surface area contributed by atoms with Gasteiger partial charge in [0.05, 0.1) is 52.9 Å². The summed E-state index contributed by atoms with van der Waals surface area (Å²) >= 11 is 0.897. The Balaban J connectivity index is 2.02. The number of esters is 1. The number of amides is 1. The Labute approximate surface area is 234 Å². The molecule has 1 aromatic heterocycles. The van der Waals surface area contributed by atoms with E-state index in [-0.39, 0.29) is 27.1 Å². The van der Waals surface area contributed by atoms with Crippen molar-refractivity contribution in [3.63, 3.8) is 0 Å². The van der Waals surface area contributed by atoms with Crippen molar-refractivity contribution in [2.24, 2.45) is 0 Å². The Morgan fingerprint density at radius 3 is 2.08 bits per heavy atom. The number of aromatic nitrogens is 1. The minimum atomic E-state index is -1.16. The summed E-state index contributed by atoms with van der Waals surface area (Å²) in [6.07, 6.45) is 0. The van der Waals surface area contributed by atoms with Crippen LogP contribution in [0.5, 0.6) is 23.0 Å². The fourth-order valence-electron chi connectivity index (χ4n) is 4.55. The third-order valence-corrected chi connectivity index (χ3v) is 7.61. The van der Waals surface area contributed by atoms with E-state index in [0.29, 0.717) is 33.9 Å². The number of ether oxygens (including phenoxy) is 5. The van der Waals surface area contributed by atoms with Crippen molar-refractivity contribution >= 4 is 39.9 Å². The number of hydrogen-bond acceptors (Lipinski definition) is 11. The monoisotopic (exact) mass is 568 g/mol. The lowest BCUT2D eigenvalue weighted by molar-refractivity contribution is -0.132. The normalized spacial score (nSPS) is 16.2. The minimum absolute atomic E-state index is 0.0729. The number of aryl methyl sites for hydroxylation is 2. The standard InChI is InChI=1S/C28H28N2O9S/c1-13-10-15(8-9-17(13)35-3)22(31)20-21(16-11-18(36-4)24(38-6)19(12-16)37-5)30(26(33)23(20)32)28-29-14(2)25(40-28)27(34)39-7/h8-12,21,31H,1-7H3/b22-20+/t21-/m0/s1. The molecule has 2 heterocycles. The van der Waals surface area contributed by atoms with Crippen LogP contribution in [-0.4, -0.2) is 63.3 Å². The summed E-state index contributed by atoms with van der Waals surface area (Å²) in [7, 11) is 7.08.